The zero-order valence-electron chi connectivity index (χ0n) is 10.8. The Labute approximate surface area is 110 Å². The maximum absolute atomic E-state index is 12.1. The molecular formula is C13H15N3O3. The fourth-order valence-corrected chi connectivity index (χ4v) is 1.87. The van der Waals surface area contributed by atoms with Crippen molar-refractivity contribution in [2.45, 2.75) is 6.42 Å². The van der Waals surface area contributed by atoms with E-state index < -0.39 is 0 Å². The highest BCUT2D eigenvalue weighted by Crippen LogP contribution is 2.16. The number of aryl methyl sites for hydroxylation is 1. The molecule has 0 unspecified atom stereocenters. The largest absolute Gasteiger partial charge is 0.469 e. The number of methoxy groups -OCH3 is 1. The van der Waals surface area contributed by atoms with Crippen LogP contribution in [0.1, 0.15) is 16.8 Å². The van der Waals surface area contributed by atoms with E-state index >= 15 is 0 Å². The molecule has 0 atom stereocenters. The van der Waals surface area contributed by atoms with Gasteiger partial charge < -0.3 is 14.6 Å². The van der Waals surface area contributed by atoms with E-state index in [1.54, 1.807) is 23.0 Å². The number of rotatable bonds is 4. The summed E-state index contributed by atoms with van der Waals surface area (Å²) in [4.78, 5) is 27.2. The van der Waals surface area contributed by atoms with Gasteiger partial charge in [0.2, 0.25) is 0 Å². The lowest BCUT2D eigenvalue weighted by Crippen LogP contribution is -2.26. The first-order valence-electron chi connectivity index (χ1n) is 5.88. The summed E-state index contributed by atoms with van der Waals surface area (Å²) in [5.41, 5.74) is 2.09. The van der Waals surface area contributed by atoms with Crippen molar-refractivity contribution < 1.29 is 14.3 Å². The van der Waals surface area contributed by atoms with Crippen LogP contribution in [0.3, 0.4) is 0 Å². The molecule has 1 N–H and O–H groups in total. The van der Waals surface area contributed by atoms with Gasteiger partial charge in [-0.05, 0) is 12.1 Å². The minimum Gasteiger partial charge on any atom is -0.469 e. The van der Waals surface area contributed by atoms with E-state index in [0.717, 1.165) is 11.0 Å². The molecule has 6 heteroatoms. The van der Waals surface area contributed by atoms with Gasteiger partial charge in [0.15, 0.2) is 0 Å². The van der Waals surface area contributed by atoms with E-state index in [9.17, 15) is 9.59 Å². The molecule has 0 radical (unpaired) electrons. The number of carbonyl (C=O) groups is 2. The monoisotopic (exact) mass is 261 g/mol. The van der Waals surface area contributed by atoms with Crippen LogP contribution in [0.5, 0.6) is 0 Å². The van der Waals surface area contributed by atoms with Crippen LogP contribution >= 0.6 is 0 Å². The lowest BCUT2D eigenvalue weighted by Gasteiger charge is -2.06. The van der Waals surface area contributed by atoms with Crippen molar-refractivity contribution in [3.8, 4) is 0 Å². The van der Waals surface area contributed by atoms with Crippen LogP contribution in [0.4, 0.5) is 0 Å². The second kappa shape index (κ2) is 5.51. The predicted octanol–water partition coefficient (Wildman–Crippen LogP) is 0.866. The summed E-state index contributed by atoms with van der Waals surface area (Å²) in [7, 11) is 3.15. The molecule has 0 spiro atoms. The maximum atomic E-state index is 12.1. The number of hydrogen-bond donors (Lipinski definition) is 1. The molecule has 0 saturated heterocycles. The van der Waals surface area contributed by atoms with Crippen LogP contribution in [0.25, 0.3) is 11.0 Å². The van der Waals surface area contributed by atoms with Gasteiger partial charge in [0.1, 0.15) is 0 Å². The molecule has 0 aliphatic rings. The lowest BCUT2D eigenvalue weighted by atomic mass is 10.1. The second-order valence-corrected chi connectivity index (χ2v) is 4.11. The van der Waals surface area contributed by atoms with E-state index in [1.165, 1.54) is 7.11 Å². The number of imidazole rings is 1. The van der Waals surface area contributed by atoms with E-state index in [4.69, 9.17) is 0 Å². The zero-order valence-corrected chi connectivity index (χ0v) is 10.8. The van der Waals surface area contributed by atoms with Crippen LogP contribution in [-0.4, -0.2) is 35.1 Å². The Morgan fingerprint density at radius 1 is 1.42 bits per heavy atom. The highest BCUT2D eigenvalue weighted by atomic mass is 16.5. The number of para-hydroxylation sites is 1. The number of nitrogens with zero attached hydrogens (tertiary/aromatic N) is 2. The third-order valence-corrected chi connectivity index (χ3v) is 2.82. The fourth-order valence-electron chi connectivity index (χ4n) is 1.87. The Balaban J connectivity index is 2.13. The number of amides is 1. The number of nitrogens with one attached hydrogen (secondary N) is 1. The number of esters is 1. The lowest BCUT2D eigenvalue weighted by molar-refractivity contribution is -0.140. The molecule has 0 bridgehead atoms. The van der Waals surface area contributed by atoms with Crippen LogP contribution in [0, 0.1) is 0 Å². The van der Waals surface area contributed by atoms with Gasteiger partial charge >= 0.3 is 5.97 Å². The quantitative estimate of drug-likeness (QED) is 0.829. The van der Waals surface area contributed by atoms with Gasteiger partial charge in [0.05, 0.1) is 36.5 Å². The van der Waals surface area contributed by atoms with Gasteiger partial charge in [-0.15, -0.1) is 0 Å². The zero-order chi connectivity index (χ0) is 13.8. The first-order valence-corrected chi connectivity index (χ1v) is 5.88. The highest BCUT2D eigenvalue weighted by Gasteiger charge is 2.13. The van der Waals surface area contributed by atoms with Crippen molar-refractivity contribution in [3.63, 3.8) is 0 Å². The smallest absolute Gasteiger partial charge is 0.307 e. The third-order valence-electron chi connectivity index (χ3n) is 2.82. The van der Waals surface area contributed by atoms with Crippen molar-refractivity contribution in [1.29, 1.82) is 0 Å². The fraction of sp³-hybridized carbons (Fsp3) is 0.308. The van der Waals surface area contributed by atoms with Gasteiger partial charge in [-0.1, -0.05) is 6.07 Å². The first-order chi connectivity index (χ1) is 9.13. The van der Waals surface area contributed by atoms with Gasteiger partial charge in [0, 0.05) is 13.6 Å². The van der Waals surface area contributed by atoms with Gasteiger partial charge in [-0.25, -0.2) is 4.98 Å². The summed E-state index contributed by atoms with van der Waals surface area (Å²) in [5, 5.41) is 2.69. The second-order valence-electron chi connectivity index (χ2n) is 4.11. The van der Waals surface area contributed by atoms with Crippen LogP contribution in [-0.2, 0) is 16.6 Å². The molecule has 2 aromatic rings. The number of aromatic nitrogens is 2. The number of carbonyl (C=O) groups excluding carboxylic acids is 2. The van der Waals surface area contributed by atoms with E-state index in [-0.39, 0.29) is 24.8 Å². The summed E-state index contributed by atoms with van der Waals surface area (Å²) >= 11 is 0. The highest BCUT2D eigenvalue weighted by molar-refractivity contribution is 6.05. The molecule has 19 heavy (non-hydrogen) atoms. The van der Waals surface area contributed by atoms with Crippen LogP contribution in [0.15, 0.2) is 24.5 Å². The third kappa shape index (κ3) is 2.73. The molecule has 1 aromatic heterocycles. The average molecular weight is 261 g/mol. The van der Waals surface area contributed by atoms with Crippen molar-refractivity contribution in [2.75, 3.05) is 13.7 Å². The van der Waals surface area contributed by atoms with Gasteiger partial charge in [-0.2, -0.15) is 0 Å². The Morgan fingerprint density at radius 2 is 2.21 bits per heavy atom. The Bertz CT molecular complexity index is 619. The Kier molecular flexibility index (Phi) is 3.79. The van der Waals surface area contributed by atoms with Gasteiger partial charge in [-0.3, -0.25) is 9.59 Å². The number of ether oxygens (including phenoxy) is 1. The number of hydrogen-bond acceptors (Lipinski definition) is 4. The van der Waals surface area contributed by atoms with E-state index in [2.05, 4.69) is 15.0 Å². The minimum atomic E-state index is -0.348. The average Bonchev–Trinajstić information content (AvgIpc) is 2.80. The topological polar surface area (TPSA) is 73.2 Å². The SMILES string of the molecule is COC(=O)CCNC(=O)c1cccc2ncn(C)c12. The Morgan fingerprint density at radius 3 is 2.95 bits per heavy atom. The summed E-state index contributed by atoms with van der Waals surface area (Å²) in [6.45, 7) is 0.250. The molecular weight excluding hydrogens is 246 g/mol. The van der Waals surface area contributed by atoms with Crippen molar-refractivity contribution in [3.05, 3.63) is 30.1 Å². The summed E-state index contributed by atoms with van der Waals surface area (Å²) in [6, 6.07) is 5.36. The molecule has 100 valence electrons. The van der Waals surface area contributed by atoms with Gasteiger partial charge in [0.25, 0.3) is 5.91 Å². The van der Waals surface area contributed by atoms with Crippen molar-refractivity contribution >= 4 is 22.9 Å². The first kappa shape index (κ1) is 13.1. The minimum absolute atomic E-state index is 0.156. The summed E-state index contributed by atoms with van der Waals surface area (Å²) < 4.78 is 6.31. The molecule has 1 heterocycles. The predicted molar refractivity (Wildman–Crippen MR) is 69.7 cm³/mol. The van der Waals surface area contributed by atoms with Crippen LogP contribution < -0.4 is 5.32 Å². The Hall–Kier alpha value is -2.37. The van der Waals surface area contributed by atoms with Crippen molar-refractivity contribution in [1.82, 2.24) is 14.9 Å². The summed E-state index contributed by atoms with van der Waals surface area (Å²) in [6.07, 6.45) is 1.82. The van der Waals surface area contributed by atoms with Crippen LogP contribution in [0.2, 0.25) is 0 Å². The molecule has 6 nitrogen and oxygen atoms in total. The van der Waals surface area contributed by atoms with Crippen molar-refractivity contribution in [2.24, 2.45) is 7.05 Å². The maximum Gasteiger partial charge on any atom is 0.307 e. The normalized spacial score (nSPS) is 10.4. The number of fused-ring (bicyclic) bond motifs is 1. The summed E-state index contributed by atoms with van der Waals surface area (Å²) in [5.74, 6) is -0.572. The standard InChI is InChI=1S/C13H15N3O3/c1-16-8-15-10-5-3-4-9(12(10)16)13(18)14-7-6-11(17)19-2/h3-5,8H,6-7H2,1-2H3,(H,14,18). The molecule has 2 rings (SSSR count). The molecule has 0 aliphatic heterocycles. The number of benzene rings is 1. The van der Waals surface area contributed by atoms with E-state index in [1.807, 2.05) is 13.1 Å². The van der Waals surface area contributed by atoms with E-state index in [0.29, 0.717) is 5.56 Å². The molecule has 0 aliphatic carbocycles. The molecule has 0 fully saturated rings. The molecule has 1 aromatic carbocycles. The molecule has 1 amide bonds. The molecule has 0 saturated carbocycles.